The minimum absolute atomic E-state index is 0.0119. The SMILES string of the molecule is O=C1COc2ccc(C(=O)N3CCC[C@H](n4cccn4)C3)cc2N1. The second kappa shape index (κ2) is 5.99. The molecule has 0 radical (unpaired) electrons. The minimum atomic E-state index is -0.205. The summed E-state index contributed by atoms with van der Waals surface area (Å²) in [6.07, 6.45) is 5.65. The van der Waals surface area contributed by atoms with Crippen molar-refractivity contribution in [3.63, 3.8) is 0 Å². The molecule has 0 saturated carbocycles. The Kier molecular flexibility index (Phi) is 3.68. The maximum atomic E-state index is 12.8. The fourth-order valence-corrected chi connectivity index (χ4v) is 3.25. The molecular weight excluding hydrogens is 308 g/mol. The molecule has 2 aliphatic rings. The highest BCUT2D eigenvalue weighted by atomic mass is 16.5. The van der Waals surface area contributed by atoms with Gasteiger partial charge in [0, 0.05) is 31.0 Å². The van der Waals surface area contributed by atoms with Crippen molar-refractivity contribution >= 4 is 17.5 Å². The molecule has 1 aromatic heterocycles. The molecule has 0 aliphatic carbocycles. The van der Waals surface area contributed by atoms with Crippen LogP contribution in [0.15, 0.2) is 36.7 Å². The highest BCUT2D eigenvalue weighted by Crippen LogP contribution is 2.30. The zero-order valence-electron chi connectivity index (χ0n) is 13.1. The van der Waals surface area contributed by atoms with Gasteiger partial charge < -0.3 is 15.0 Å². The van der Waals surface area contributed by atoms with E-state index in [0.717, 1.165) is 19.4 Å². The third-order valence-corrected chi connectivity index (χ3v) is 4.44. The average Bonchev–Trinajstić information content (AvgIpc) is 3.15. The summed E-state index contributed by atoms with van der Waals surface area (Å²) < 4.78 is 7.25. The van der Waals surface area contributed by atoms with Gasteiger partial charge in [-0.15, -0.1) is 0 Å². The van der Waals surface area contributed by atoms with Crippen molar-refractivity contribution in [1.29, 1.82) is 0 Å². The van der Waals surface area contributed by atoms with E-state index in [9.17, 15) is 9.59 Å². The summed E-state index contributed by atoms with van der Waals surface area (Å²) in [5.41, 5.74) is 1.11. The van der Waals surface area contributed by atoms with Crippen LogP contribution in [0.3, 0.4) is 0 Å². The van der Waals surface area contributed by atoms with Crippen molar-refractivity contribution in [2.75, 3.05) is 25.0 Å². The van der Waals surface area contributed by atoms with E-state index in [0.29, 0.717) is 23.5 Å². The van der Waals surface area contributed by atoms with Crippen molar-refractivity contribution in [3.8, 4) is 5.75 Å². The topological polar surface area (TPSA) is 76.5 Å². The molecule has 24 heavy (non-hydrogen) atoms. The van der Waals surface area contributed by atoms with Gasteiger partial charge in [0.2, 0.25) is 0 Å². The lowest BCUT2D eigenvalue weighted by Gasteiger charge is -2.33. The molecule has 1 fully saturated rings. The van der Waals surface area contributed by atoms with Gasteiger partial charge in [-0.3, -0.25) is 14.3 Å². The molecule has 4 rings (SSSR count). The third kappa shape index (κ3) is 2.73. The highest BCUT2D eigenvalue weighted by Gasteiger charge is 2.26. The number of rotatable bonds is 2. The molecule has 1 N–H and O–H groups in total. The number of carbonyl (C=O) groups excluding carboxylic acids is 2. The number of ether oxygens (including phenoxy) is 1. The number of aromatic nitrogens is 2. The van der Waals surface area contributed by atoms with Crippen LogP contribution in [0.2, 0.25) is 0 Å². The molecule has 7 heteroatoms. The molecule has 2 amide bonds. The fraction of sp³-hybridized carbons (Fsp3) is 0.353. The van der Waals surface area contributed by atoms with Gasteiger partial charge in [-0.2, -0.15) is 5.10 Å². The largest absolute Gasteiger partial charge is 0.482 e. The van der Waals surface area contributed by atoms with Crippen LogP contribution in [0.4, 0.5) is 5.69 Å². The number of piperidine rings is 1. The molecule has 1 atom stereocenters. The first-order chi connectivity index (χ1) is 11.7. The molecule has 0 bridgehead atoms. The maximum Gasteiger partial charge on any atom is 0.262 e. The zero-order valence-corrected chi connectivity index (χ0v) is 13.1. The molecule has 1 saturated heterocycles. The van der Waals surface area contributed by atoms with Crippen LogP contribution in [0.5, 0.6) is 5.75 Å². The number of anilines is 1. The first-order valence-corrected chi connectivity index (χ1v) is 8.06. The number of likely N-dealkylation sites (tertiary alicyclic amines) is 1. The van der Waals surface area contributed by atoms with Crippen LogP contribution < -0.4 is 10.1 Å². The van der Waals surface area contributed by atoms with Gasteiger partial charge in [0.15, 0.2) is 6.61 Å². The second-order valence-electron chi connectivity index (χ2n) is 6.08. The third-order valence-electron chi connectivity index (χ3n) is 4.44. The lowest BCUT2D eigenvalue weighted by molar-refractivity contribution is -0.118. The van der Waals surface area contributed by atoms with Crippen LogP contribution in [0.25, 0.3) is 0 Å². The number of benzene rings is 1. The van der Waals surface area contributed by atoms with E-state index in [2.05, 4.69) is 10.4 Å². The van der Waals surface area contributed by atoms with Crippen molar-refractivity contribution in [2.24, 2.45) is 0 Å². The van der Waals surface area contributed by atoms with Gasteiger partial charge in [0.05, 0.1) is 11.7 Å². The summed E-state index contributed by atoms with van der Waals surface area (Å²) in [5.74, 6) is 0.359. The van der Waals surface area contributed by atoms with Crippen molar-refractivity contribution < 1.29 is 14.3 Å². The van der Waals surface area contributed by atoms with Crippen LogP contribution in [-0.2, 0) is 4.79 Å². The molecule has 7 nitrogen and oxygen atoms in total. The Balaban J connectivity index is 1.53. The Morgan fingerprint density at radius 2 is 2.29 bits per heavy atom. The quantitative estimate of drug-likeness (QED) is 0.911. The zero-order chi connectivity index (χ0) is 16.5. The van der Waals surface area contributed by atoms with E-state index < -0.39 is 0 Å². The molecule has 3 heterocycles. The standard InChI is InChI=1S/C17H18N4O3/c22-16-11-24-15-5-4-12(9-14(15)19-16)17(23)20-7-1-3-13(10-20)21-8-2-6-18-21/h2,4-6,8-9,13H,1,3,7,10-11H2,(H,19,22)/t13-/m0/s1. The van der Waals surface area contributed by atoms with Gasteiger partial charge in [0.25, 0.3) is 11.8 Å². The number of amides is 2. The second-order valence-corrected chi connectivity index (χ2v) is 6.08. The minimum Gasteiger partial charge on any atom is -0.482 e. The molecule has 1 aromatic carbocycles. The monoisotopic (exact) mass is 326 g/mol. The van der Waals surface area contributed by atoms with Gasteiger partial charge in [-0.1, -0.05) is 0 Å². The number of hydrogen-bond acceptors (Lipinski definition) is 4. The Labute approximate surface area is 139 Å². The van der Waals surface area contributed by atoms with Crippen LogP contribution in [0, 0.1) is 0 Å². The number of fused-ring (bicyclic) bond motifs is 1. The van der Waals surface area contributed by atoms with Crippen molar-refractivity contribution in [1.82, 2.24) is 14.7 Å². The summed E-state index contributed by atoms with van der Waals surface area (Å²) in [6, 6.07) is 7.27. The normalized spacial score (nSPS) is 20.1. The Hall–Kier alpha value is -2.83. The van der Waals surface area contributed by atoms with E-state index in [1.54, 1.807) is 24.4 Å². The lowest BCUT2D eigenvalue weighted by atomic mass is 10.0. The summed E-state index contributed by atoms with van der Waals surface area (Å²) in [5, 5.41) is 7.03. The molecular formula is C17H18N4O3. The molecule has 2 aliphatic heterocycles. The summed E-state index contributed by atoms with van der Waals surface area (Å²) in [4.78, 5) is 26.1. The smallest absolute Gasteiger partial charge is 0.262 e. The number of nitrogens with one attached hydrogen (secondary N) is 1. The Morgan fingerprint density at radius 1 is 1.38 bits per heavy atom. The molecule has 124 valence electrons. The van der Waals surface area contributed by atoms with Gasteiger partial charge in [-0.05, 0) is 37.1 Å². The molecule has 0 spiro atoms. The van der Waals surface area contributed by atoms with Crippen molar-refractivity contribution in [3.05, 3.63) is 42.2 Å². The number of hydrogen-bond donors (Lipinski definition) is 1. The first-order valence-electron chi connectivity index (χ1n) is 8.06. The van der Waals surface area contributed by atoms with E-state index in [4.69, 9.17) is 4.74 Å². The van der Waals surface area contributed by atoms with Gasteiger partial charge in [0.1, 0.15) is 5.75 Å². The summed E-state index contributed by atoms with van der Waals surface area (Å²) in [6.45, 7) is 1.38. The van der Waals surface area contributed by atoms with Crippen LogP contribution in [0.1, 0.15) is 29.2 Å². The molecule has 0 unspecified atom stereocenters. The highest BCUT2D eigenvalue weighted by molar-refractivity contribution is 5.99. The lowest BCUT2D eigenvalue weighted by Crippen LogP contribution is -2.41. The number of nitrogens with zero attached hydrogens (tertiary/aromatic N) is 3. The maximum absolute atomic E-state index is 12.8. The summed E-state index contributed by atoms with van der Waals surface area (Å²) >= 11 is 0. The fourth-order valence-electron chi connectivity index (χ4n) is 3.25. The van der Waals surface area contributed by atoms with E-state index >= 15 is 0 Å². The van der Waals surface area contributed by atoms with Crippen molar-refractivity contribution in [2.45, 2.75) is 18.9 Å². The average molecular weight is 326 g/mol. The van der Waals surface area contributed by atoms with Gasteiger partial charge >= 0.3 is 0 Å². The first kappa shape index (κ1) is 14.7. The predicted molar refractivity (Wildman–Crippen MR) is 87.0 cm³/mol. The Morgan fingerprint density at radius 3 is 3.12 bits per heavy atom. The predicted octanol–water partition coefficient (Wildman–Crippen LogP) is 1.69. The number of carbonyl (C=O) groups is 2. The van der Waals surface area contributed by atoms with Crippen LogP contribution >= 0.6 is 0 Å². The van der Waals surface area contributed by atoms with Gasteiger partial charge in [-0.25, -0.2) is 0 Å². The molecule has 2 aromatic rings. The van der Waals surface area contributed by atoms with Crippen LogP contribution in [-0.4, -0.2) is 46.2 Å². The summed E-state index contributed by atoms with van der Waals surface area (Å²) in [7, 11) is 0. The Bertz CT molecular complexity index is 772. The van der Waals surface area contributed by atoms with E-state index in [1.165, 1.54) is 0 Å². The van der Waals surface area contributed by atoms with E-state index in [-0.39, 0.29) is 24.5 Å². The van der Waals surface area contributed by atoms with E-state index in [1.807, 2.05) is 21.8 Å².